The Morgan fingerprint density at radius 2 is 1.88 bits per heavy atom. The molecular formula is C24H29FN7Na2O7P. The third kappa shape index (κ3) is 8.83. The van der Waals surface area contributed by atoms with E-state index in [4.69, 9.17) is 19.3 Å². The smallest absolute Gasteiger partial charge is 1.00 e. The van der Waals surface area contributed by atoms with Gasteiger partial charge in [0, 0.05) is 24.5 Å². The Hall–Kier alpha value is -1.88. The van der Waals surface area contributed by atoms with E-state index >= 15 is 0 Å². The van der Waals surface area contributed by atoms with E-state index in [1.165, 1.54) is 12.1 Å². The Morgan fingerprint density at radius 3 is 2.57 bits per heavy atom. The van der Waals surface area contributed by atoms with Gasteiger partial charge >= 0.3 is 66.9 Å². The fraction of sp³-hybridized carbons (Fsp3) is 0.333. The second-order valence-electron chi connectivity index (χ2n) is 9.59. The minimum atomic E-state index is -4.85. The van der Waals surface area contributed by atoms with Gasteiger partial charge in [-0.15, -0.1) is 0 Å². The van der Waals surface area contributed by atoms with Crippen LogP contribution < -0.4 is 84.3 Å². The number of benzene rings is 1. The zero-order valence-corrected chi connectivity index (χ0v) is 28.5. The number of morpholine rings is 1. The molecule has 0 bridgehead atoms. The summed E-state index contributed by atoms with van der Waals surface area (Å²) in [4.78, 5) is 45.9. The predicted molar refractivity (Wildman–Crippen MR) is 145 cm³/mol. The Kier molecular flexibility index (Phi) is 11.8. The van der Waals surface area contributed by atoms with Gasteiger partial charge in [0.25, 0.3) is 5.91 Å². The molecule has 0 unspecified atom stereocenters. The number of pyridine rings is 1. The molecule has 2 aliphatic rings. The maximum atomic E-state index is 14.6. The van der Waals surface area contributed by atoms with Crippen molar-refractivity contribution in [3.63, 3.8) is 0 Å². The van der Waals surface area contributed by atoms with Crippen molar-refractivity contribution >= 4 is 48.5 Å². The number of nitrogens with zero attached hydrogens (tertiary/aromatic N) is 5. The number of hydrogen-bond donors (Lipinski definition) is 4. The predicted octanol–water partition coefficient (Wildman–Crippen LogP) is -2.86. The number of nitrogens with one attached hydrogen (secondary N) is 2. The van der Waals surface area contributed by atoms with Gasteiger partial charge in [0.15, 0.2) is 29.8 Å². The normalized spacial score (nSPS) is 16.0. The van der Waals surface area contributed by atoms with Gasteiger partial charge in [-0.05, 0) is 50.2 Å². The number of carbonyl (C=O) groups excluding carboxylic acids is 1. The van der Waals surface area contributed by atoms with Gasteiger partial charge in [0.1, 0.15) is 12.5 Å². The van der Waals surface area contributed by atoms with Gasteiger partial charge in [0.2, 0.25) is 5.95 Å². The number of amides is 1. The molecule has 3 aromatic rings. The van der Waals surface area contributed by atoms with E-state index in [9.17, 15) is 13.8 Å². The number of halogens is 1. The van der Waals surface area contributed by atoms with Crippen molar-refractivity contribution in [2.45, 2.75) is 19.4 Å². The minimum absolute atomic E-state index is 0. The van der Waals surface area contributed by atoms with Crippen molar-refractivity contribution in [3.8, 4) is 5.75 Å². The van der Waals surface area contributed by atoms with E-state index in [0.717, 1.165) is 29.9 Å². The van der Waals surface area contributed by atoms with Gasteiger partial charge in [0.05, 0.1) is 18.4 Å². The maximum absolute atomic E-state index is 14.6. The summed E-state index contributed by atoms with van der Waals surface area (Å²) in [5.41, 5.74) is 1.51. The first-order valence-corrected chi connectivity index (χ1v) is 13.7. The molecule has 0 aliphatic carbocycles. The number of anilines is 6. The van der Waals surface area contributed by atoms with Crippen LogP contribution in [0.5, 0.6) is 5.75 Å². The molecule has 4 N–H and O–H groups in total. The molecule has 1 aromatic carbocycles. The molecule has 0 atom stereocenters. The molecule has 0 radical (unpaired) electrons. The Labute approximate surface area is 288 Å². The van der Waals surface area contributed by atoms with Crippen molar-refractivity contribution in [1.82, 2.24) is 15.0 Å². The summed E-state index contributed by atoms with van der Waals surface area (Å²) in [5.74, 6) is -1.27. The molecule has 5 rings (SSSR count). The molecule has 14 nitrogen and oxygen atoms in total. The molecular weight excluding hydrogens is 594 g/mol. The second-order valence-corrected chi connectivity index (χ2v) is 10.8. The molecule has 4 heterocycles. The quantitative estimate of drug-likeness (QED) is 0.149. The van der Waals surface area contributed by atoms with Gasteiger partial charge in [-0.1, -0.05) is 0 Å². The Bertz CT molecular complexity index is 1480. The van der Waals surface area contributed by atoms with E-state index in [-0.39, 0.29) is 103 Å². The third-order valence-electron chi connectivity index (χ3n) is 6.01. The van der Waals surface area contributed by atoms with Gasteiger partial charge < -0.3 is 37.6 Å². The molecule has 1 amide bonds. The largest absolute Gasteiger partial charge is 1.00 e. The summed E-state index contributed by atoms with van der Waals surface area (Å²) in [5, 5.41) is 5.77. The van der Waals surface area contributed by atoms with Crippen molar-refractivity contribution in [1.29, 1.82) is 0 Å². The van der Waals surface area contributed by atoms with Gasteiger partial charge in [-0.2, -0.15) is 4.98 Å². The molecule has 216 valence electrons. The van der Waals surface area contributed by atoms with Crippen LogP contribution >= 0.6 is 7.82 Å². The van der Waals surface area contributed by atoms with Crippen molar-refractivity contribution in [3.05, 3.63) is 48.4 Å². The van der Waals surface area contributed by atoms with Crippen molar-refractivity contribution in [2.24, 2.45) is 0 Å². The molecule has 2 aliphatic heterocycles. The Balaban J connectivity index is 0.00000242. The van der Waals surface area contributed by atoms with Crippen LogP contribution in [0.3, 0.4) is 0 Å². The number of hydrogen-bond acceptors (Lipinski definition) is 11. The second kappa shape index (κ2) is 14.3. The molecule has 0 saturated carbocycles. The van der Waals surface area contributed by atoms with Crippen LogP contribution in [-0.2, 0) is 18.6 Å². The maximum Gasteiger partial charge on any atom is 1.00 e. The van der Waals surface area contributed by atoms with Crippen LogP contribution in [0, 0.1) is 5.82 Å². The standard InChI is InChI=1S/C24H27FN7O7P.2Na.2H/c1-24(2)13-31(9-10-38-24)16-5-3-15(4-6-16)27-23-26-11-17(25)21(30-23)28-19-8-7-18-22(29-19)32(20(33)12-37-18)14-39-40(34,35)36;;;;/h3-8,11H,9-10,12-14H2,1-2H3,(H2,34,35,36)(H2,26,27,28,29,30);;;;/q;2*+1;2*-1. The molecule has 1 saturated heterocycles. The van der Waals surface area contributed by atoms with Crippen LogP contribution in [0.4, 0.5) is 39.2 Å². The van der Waals surface area contributed by atoms with Crippen LogP contribution in [0.1, 0.15) is 16.7 Å². The van der Waals surface area contributed by atoms with E-state index in [2.05, 4.69) is 48.9 Å². The molecule has 2 aromatic heterocycles. The van der Waals surface area contributed by atoms with Crippen LogP contribution in [0.15, 0.2) is 42.6 Å². The van der Waals surface area contributed by atoms with E-state index < -0.39 is 26.3 Å². The van der Waals surface area contributed by atoms with Crippen LogP contribution in [0.25, 0.3) is 0 Å². The summed E-state index contributed by atoms with van der Waals surface area (Å²) in [6, 6.07) is 10.6. The average Bonchev–Trinajstić information content (AvgIpc) is 2.89. The average molecular weight is 623 g/mol. The summed E-state index contributed by atoms with van der Waals surface area (Å²) in [6.07, 6.45) is 0.993. The van der Waals surface area contributed by atoms with Crippen LogP contribution in [-0.4, -0.2) is 69.3 Å². The van der Waals surface area contributed by atoms with Gasteiger partial charge in [-0.3, -0.25) is 14.2 Å². The molecule has 42 heavy (non-hydrogen) atoms. The topological polar surface area (TPSA) is 171 Å². The van der Waals surface area contributed by atoms with Crippen molar-refractivity contribution < 1.29 is 99.5 Å². The third-order valence-corrected chi connectivity index (χ3v) is 6.46. The van der Waals surface area contributed by atoms with E-state index in [0.29, 0.717) is 12.3 Å². The number of phosphoric ester groups is 1. The number of rotatable bonds is 8. The molecule has 18 heteroatoms. The summed E-state index contributed by atoms with van der Waals surface area (Å²) < 4.78 is 41.3. The first kappa shape index (κ1) is 34.6. The molecule has 0 spiro atoms. The zero-order valence-electron chi connectivity index (χ0n) is 25.6. The number of phosphoric acid groups is 1. The number of carbonyl (C=O) groups is 1. The monoisotopic (exact) mass is 623 g/mol. The number of aromatic nitrogens is 3. The fourth-order valence-corrected chi connectivity index (χ4v) is 4.44. The summed E-state index contributed by atoms with van der Waals surface area (Å²) in [7, 11) is -4.85. The number of ether oxygens (including phenoxy) is 2. The summed E-state index contributed by atoms with van der Waals surface area (Å²) >= 11 is 0. The van der Waals surface area contributed by atoms with Crippen LogP contribution in [0.2, 0.25) is 0 Å². The van der Waals surface area contributed by atoms with Crippen molar-refractivity contribution in [2.75, 3.05) is 53.5 Å². The van der Waals surface area contributed by atoms with E-state index in [1.54, 1.807) is 0 Å². The molecule has 1 fully saturated rings. The first-order chi connectivity index (χ1) is 19.0. The SMILES string of the molecule is CC1(C)CN(c2ccc(Nc3ncc(F)c(Nc4ccc5c(n4)N(COP(=O)(O)O)C(=O)CO5)n3)cc2)CCO1.[H-].[H-].[Na+].[Na+]. The van der Waals surface area contributed by atoms with E-state index in [1.807, 2.05) is 24.3 Å². The Morgan fingerprint density at radius 1 is 1.14 bits per heavy atom. The zero-order chi connectivity index (χ0) is 28.5. The fourth-order valence-electron chi connectivity index (χ4n) is 4.17. The van der Waals surface area contributed by atoms with Gasteiger partial charge in [-0.25, -0.2) is 18.9 Å². The summed E-state index contributed by atoms with van der Waals surface area (Å²) in [6.45, 7) is 5.18. The first-order valence-electron chi connectivity index (χ1n) is 12.2. The number of fused-ring (bicyclic) bond motifs is 1. The minimum Gasteiger partial charge on any atom is -1.00 e.